The Labute approximate surface area is 143 Å². The summed E-state index contributed by atoms with van der Waals surface area (Å²) < 4.78 is 0. The number of hydrogen-bond donors (Lipinski definition) is 1. The van der Waals surface area contributed by atoms with Gasteiger partial charge in [0.25, 0.3) is 0 Å². The summed E-state index contributed by atoms with van der Waals surface area (Å²) in [6.45, 7) is 3.97. The zero-order valence-corrected chi connectivity index (χ0v) is 14.7. The molecule has 126 valence electrons. The highest BCUT2D eigenvalue weighted by Gasteiger charge is 2.34. The number of thioether (sulfide) groups is 1. The summed E-state index contributed by atoms with van der Waals surface area (Å²) in [7, 11) is 1.88. The number of urea groups is 1. The molecule has 1 saturated heterocycles. The van der Waals surface area contributed by atoms with E-state index in [1.54, 1.807) is 16.7 Å². The fraction of sp³-hybridized carbons (Fsp3) is 0.611. The van der Waals surface area contributed by atoms with E-state index < -0.39 is 0 Å². The second-order valence-corrected chi connectivity index (χ2v) is 7.82. The lowest BCUT2D eigenvalue weighted by Crippen LogP contribution is -2.41. The van der Waals surface area contributed by atoms with Crippen molar-refractivity contribution in [2.75, 3.05) is 39.0 Å². The lowest BCUT2D eigenvalue weighted by Gasteiger charge is -2.20. The van der Waals surface area contributed by atoms with E-state index in [0.29, 0.717) is 5.92 Å². The molecule has 0 radical (unpaired) electrons. The highest BCUT2D eigenvalue weighted by Crippen LogP contribution is 2.31. The normalized spacial score (nSPS) is 21.3. The maximum Gasteiger partial charge on any atom is 0.317 e. The summed E-state index contributed by atoms with van der Waals surface area (Å²) in [6.07, 6.45) is 3.98. The molecule has 5 heteroatoms. The quantitative estimate of drug-likeness (QED) is 0.779. The van der Waals surface area contributed by atoms with Crippen LogP contribution >= 0.6 is 11.8 Å². The summed E-state index contributed by atoms with van der Waals surface area (Å²) in [4.78, 5) is 17.8. The molecular formula is C18H27N3OS. The first-order valence-electron chi connectivity index (χ1n) is 8.63. The number of rotatable bonds is 7. The summed E-state index contributed by atoms with van der Waals surface area (Å²) in [6, 6.07) is 11.2. The highest BCUT2D eigenvalue weighted by molar-refractivity contribution is 7.99. The van der Waals surface area contributed by atoms with Crippen LogP contribution in [0.5, 0.6) is 0 Å². The van der Waals surface area contributed by atoms with E-state index in [4.69, 9.17) is 0 Å². The fourth-order valence-electron chi connectivity index (χ4n) is 3.09. The van der Waals surface area contributed by atoms with E-state index >= 15 is 0 Å². The van der Waals surface area contributed by atoms with Gasteiger partial charge in [-0.1, -0.05) is 18.2 Å². The Morgan fingerprint density at radius 3 is 2.83 bits per heavy atom. The van der Waals surface area contributed by atoms with Gasteiger partial charge in [0.1, 0.15) is 0 Å². The van der Waals surface area contributed by atoms with Gasteiger partial charge in [-0.15, -0.1) is 11.8 Å². The van der Waals surface area contributed by atoms with Crippen molar-refractivity contribution < 1.29 is 4.79 Å². The van der Waals surface area contributed by atoms with Gasteiger partial charge in [-0.3, -0.25) is 0 Å². The van der Waals surface area contributed by atoms with E-state index in [2.05, 4.69) is 22.3 Å². The number of nitrogens with one attached hydrogen (secondary N) is 1. The van der Waals surface area contributed by atoms with Gasteiger partial charge in [0, 0.05) is 43.4 Å². The maximum atomic E-state index is 12.2. The molecule has 1 saturated carbocycles. The molecule has 0 spiro atoms. The average Bonchev–Trinajstić information content (AvgIpc) is 3.32. The molecule has 1 aromatic carbocycles. The SMILES string of the molecule is CN(CCSc1ccccc1)C(=O)NCC1CCN(C2CC2)C1. The lowest BCUT2D eigenvalue weighted by molar-refractivity contribution is 0.209. The van der Waals surface area contributed by atoms with Crippen LogP contribution in [0.3, 0.4) is 0 Å². The zero-order chi connectivity index (χ0) is 16.1. The number of carbonyl (C=O) groups excluding carboxylic acids is 1. The van der Waals surface area contributed by atoms with E-state index in [9.17, 15) is 4.79 Å². The van der Waals surface area contributed by atoms with Crippen molar-refractivity contribution in [2.24, 2.45) is 5.92 Å². The van der Waals surface area contributed by atoms with Crippen LogP contribution in [-0.4, -0.2) is 60.9 Å². The van der Waals surface area contributed by atoms with Crippen molar-refractivity contribution in [2.45, 2.75) is 30.2 Å². The van der Waals surface area contributed by atoms with Gasteiger partial charge in [0.15, 0.2) is 0 Å². The van der Waals surface area contributed by atoms with Gasteiger partial charge in [0.05, 0.1) is 0 Å². The van der Waals surface area contributed by atoms with Crippen LogP contribution in [0.15, 0.2) is 35.2 Å². The third-order valence-corrected chi connectivity index (χ3v) is 5.70. The zero-order valence-electron chi connectivity index (χ0n) is 13.9. The molecule has 0 bridgehead atoms. The molecule has 3 rings (SSSR count). The molecule has 1 unspecified atom stereocenters. The van der Waals surface area contributed by atoms with Crippen molar-refractivity contribution in [3.8, 4) is 0 Å². The molecule has 1 N–H and O–H groups in total. The maximum absolute atomic E-state index is 12.2. The van der Waals surface area contributed by atoms with Gasteiger partial charge < -0.3 is 15.1 Å². The van der Waals surface area contributed by atoms with Crippen LogP contribution in [0.4, 0.5) is 4.79 Å². The summed E-state index contributed by atoms with van der Waals surface area (Å²) in [5.41, 5.74) is 0. The lowest BCUT2D eigenvalue weighted by atomic mass is 10.1. The first-order chi connectivity index (χ1) is 11.2. The number of hydrogen-bond acceptors (Lipinski definition) is 3. The summed E-state index contributed by atoms with van der Waals surface area (Å²) in [5.74, 6) is 1.55. The summed E-state index contributed by atoms with van der Waals surface area (Å²) in [5, 5.41) is 3.10. The van der Waals surface area contributed by atoms with Crippen LogP contribution in [0.1, 0.15) is 19.3 Å². The second-order valence-electron chi connectivity index (χ2n) is 6.65. The Kier molecular flexibility index (Phi) is 5.84. The van der Waals surface area contributed by atoms with Gasteiger partial charge in [-0.25, -0.2) is 4.79 Å². The second kappa shape index (κ2) is 8.06. The molecule has 0 aromatic heterocycles. The van der Waals surface area contributed by atoms with Crippen LogP contribution in [0.25, 0.3) is 0 Å². The monoisotopic (exact) mass is 333 g/mol. The molecule has 23 heavy (non-hydrogen) atoms. The third kappa shape index (κ3) is 5.15. The average molecular weight is 334 g/mol. The van der Waals surface area contributed by atoms with E-state index in [-0.39, 0.29) is 6.03 Å². The minimum Gasteiger partial charge on any atom is -0.338 e. The predicted molar refractivity (Wildman–Crippen MR) is 95.9 cm³/mol. The number of nitrogens with zero attached hydrogens (tertiary/aromatic N) is 2. The molecule has 1 atom stereocenters. The Morgan fingerprint density at radius 2 is 2.09 bits per heavy atom. The fourth-order valence-corrected chi connectivity index (χ4v) is 4.04. The Morgan fingerprint density at radius 1 is 1.30 bits per heavy atom. The molecule has 1 aliphatic carbocycles. The Balaban J connectivity index is 1.30. The number of likely N-dealkylation sites (tertiary alicyclic amines) is 1. The molecule has 4 nitrogen and oxygen atoms in total. The van der Waals surface area contributed by atoms with Crippen LogP contribution in [-0.2, 0) is 0 Å². The van der Waals surface area contributed by atoms with Crippen molar-refractivity contribution in [3.05, 3.63) is 30.3 Å². The third-order valence-electron chi connectivity index (χ3n) is 4.71. The van der Waals surface area contributed by atoms with Gasteiger partial charge >= 0.3 is 6.03 Å². The van der Waals surface area contributed by atoms with E-state index in [0.717, 1.165) is 24.9 Å². The molecule has 2 aliphatic rings. The molecular weight excluding hydrogens is 306 g/mol. The topological polar surface area (TPSA) is 35.6 Å². The molecule has 1 aromatic rings. The Hall–Kier alpha value is -1.20. The molecule has 1 aliphatic heterocycles. The van der Waals surface area contributed by atoms with Crippen LogP contribution in [0, 0.1) is 5.92 Å². The minimum atomic E-state index is 0.0588. The first-order valence-corrected chi connectivity index (χ1v) is 9.62. The van der Waals surface area contributed by atoms with Crippen molar-refractivity contribution >= 4 is 17.8 Å². The standard InChI is InChI=1S/C18H27N3OS/c1-20(11-12-23-17-5-3-2-4-6-17)18(22)19-13-15-9-10-21(14-15)16-7-8-16/h2-6,15-16H,7-14H2,1H3,(H,19,22). The molecule has 2 amide bonds. The van der Waals surface area contributed by atoms with Crippen molar-refractivity contribution in [3.63, 3.8) is 0 Å². The van der Waals surface area contributed by atoms with Gasteiger partial charge in [-0.2, -0.15) is 0 Å². The summed E-state index contributed by atoms with van der Waals surface area (Å²) >= 11 is 1.79. The van der Waals surface area contributed by atoms with Gasteiger partial charge in [-0.05, 0) is 43.9 Å². The van der Waals surface area contributed by atoms with Crippen LogP contribution in [0.2, 0.25) is 0 Å². The van der Waals surface area contributed by atoms with Crippen molar-refractivity contribution in [1.29, 1.82) is 0 Å². The minimum absolute atomic E-state index is 0.0588. The Bertz CT molecular complexity index is 506. The van der Waals surface area contributed by atoms with E-state index in [1.165, 1.54) is 37.2 Å². The number of amides is 2. The first kappa shape index (κ1) is 16.7. The smallest absolute Gasteiger partial charge is 0.317 e. The van der Waals surface area contributed by atoms with Crippen molar-refractivity contribution in [1.82, 2.24) is 15.1 Å². The number of benzene rings is 1. The predicted octanol–water partition coefficient (Wildman–Crippen LogP) is 2.90. The highest BCUT2D eigenvalue weighted by atomic mass is 32.2. The van der Waals surface area contributed by atoms with E-state index in [1.807, 2.05) is 25.2 Å². The molecule has 1 heterocycles. The van der Waals surface area contributed by atoms with Crippen LogP contribution < -0.4 is 5.32 Å². The van der Waals surface area contributed by atoms with Gasteiger partial charge in [0.2, 0.25) is 0 Å². The molecule has 2 fully saturated rings. The number of carbonyl (C=O) groups is 1. The largest absolute Gasteiger partial charge is 0.338 e.